The maximum absolute atomic E-state index is 13.1. The highest BCUT2D eigenvalue weighted by Crippen LogP contribution is 2.22. The Labute approximate surface area is 188 Å². The number of nitrogens with one attached hydrogen (secondary N) is 2. The lowest BCUT2D eigenvalue weighted by molar-refractivity contribution is -0.130. The van der Waals surface area contributed by atoms with Crippen molar-refractivity contribution in [2.45, 2.75) is 53.5 Å². The number of hydrogen-bond acceptors (Lipinski definition) is 3. The lowest BCUT2D eigenvalue weighted by atomic mass is 10.0. The molecule has 0 saturated carbocycles. The molecule has 1 aromatic rings. The summed E-state index contributed by atoms with van der Waals surface area (Å²) in [4.78, 5) is 26.8. The number of nitrogens with zero attached hydrogens (tertiary/aromatic N) is 1. The zero-order valence-electron chi connectivity index (χ0n) is 19.7. The van der Waals surface area contributed by atoms with E-state index in [-0.39, 0.29) is 18.2 Å². The molecule has 1 aliphatic heterocycles. The zero-order chi connectivity index (χ0) is 23.2. The lowest BCUT2D eigenvalue weighted by Crippen LogP contribution is -2.35. The molecule has 1 aromatic carbocycles. The van der Waals surface area contributed by atoms with Crippen LogP contribution < -0.4 is 10.6 Å². The summed E-state index contributed by atoms with van der Waals surface area (Å²) in [6.07, 6.45) is 3.23. The van der Waals surface area contributed by atoms with Crippen molar-refractivity contribution in [2.75, 3.05) is 20.1 Å². The van der Waals surface area contributed by atoms with Crippen LogP contribution in [0.25, 0.3) is 0 Å². The summed E-state index contributed by atoms with van der Waals surface area (Å²) >= 11 is 0. The predicted molar refractivity (Wildman–Crippen MR) is 128 cm³/mol. The van der Waals surface area contributed by atoms with Crippen LogP contribution in [0.1, 0.15) is 58.1 Å². The minimum Gasteiger partial charge on any atom is -0.356 e. The Morgan fingerprint density at radius 3 is 2.55 bits per heavy atom. The van der Waals surface area contributed by atoms with E-state index in [9.17, 15) is 9.59 Å². The van der Waals surface area contributed by atoms with Gasteiger partial charge in [0.2, 0.25) is 11.8 Å². The van der Waals surface area contributed by atoms with E-state index < -0.39 is 0 Å². The quantitative estimate of drug-likeness (QED) is 0.491. The minimum absolute atomic E-state index is 0.00573. The molecular weight excluding hydrogens is 386 g/mol. The average Bonchev–Trinajstić information content (AvgIpc) is 2.71. The fourth-order valence-corrected chi connectivity index (χ4v) is 3.17. The second kappa shape index (κ2) is 14.2. The van der Waals surface area contributed by atoms with Crippen LogP contribution in [-0.2, 0) is 16.1 Å². The largest absolute Gasteiger partial charge is 0.356 e. The summed E-state index contributed by atoms with van der Waals surface area (Å²) in [7, 11) is 1.90. The van der Waals surface area contributed by atoms with Crippen molar-refractivity contribution in [1.82, 2.24) is 15.5 Å². The van der Waals surface area contributed by atoms with Crippen LogP contribution in [-0.4, -0.2) is 36.9 Å². The topological polar surface area (TPSA) is 61.4 Å². The molecule has 1 aliphatic rings. The summed E-state index contributed by atoms with van der Waals surface area (Å²) in [5.74, 6) is 6.76. The molecule has 0 spiro atoms. The fourth-order valence-electron chi connectivity index (χ4n) is 3.17. The van der Waals surface area contributed by atoms with E-state index in [0.29, 0.717) is 25.4 Å². The van der Waals surface area contributed by atoms with Crippen molar-refractivity contribution in [2.24, 2.45) is 5.92 Å². The molecule has 1 heterocycles. The van der Waals surface area contributed by atoms with Gasteiger partial charge in [-0.2, -0.15) is 0 Å². The van der Waals surface area contributed by atoms with E-state index in [0.717, 1.165) is 35.4 Å². The van der Waals surface area contributed by atoms with E-state index in [4.69, 9.17) is 0 Å². The molecule has 168 valence electrons. The summed E-state index contributed by atoms with van der Waals surface area (Å²) in [5.41, 5.74) is 3.87. The first-order chi connectivity index (χ1) is 14.8. The Balaban J connectivity index is 0.00000151. The van der Waals surface area contributed by atoms with Crippen molar-refractivity contribution in [3.63, 3.8) is 0 Å². The van der Waals surface area contributed by atoms with Crippen LogP contribution in [0, 0.1) is 17.8 Å². The highest BCUT2D eigenvalue weighted by molar-refractivity contribution is 5.80. The van der Waals surface area contributed by atoms with Crippen molar-refractivity contribution < 1.29 is 9.59 Å². The number of allylic oxidation sites excluding steroid dienone is 2. The van der Waals surface area contributed by atoms with Crippen molar-refractivity contribution in [3.05, 3.63) is 59.3 Å². The molecule has 5 heteroatoms. The maximum Gasteiger partial charge on any atom is 0.228 e. The Bertz CT molecular complexity index is 844. The van der Waals surface area contributed by atoms with Gasteiger partial charge in [-0.05, 0) is 38.4 Å². The van der Waals surface area contributed by atoms with Crippen molar-refractivity contribution >= 4 is 11.8 Å². The molecule has 31 heavy (non-hydrogen) atoms. The Kier molecular flexibility index (Phi) is 12.0. The van der Waals surface area contributed by atoms with Gasteiger partial charge in [0, 0.05) is 49.2 Å². The molecular formula is C26H37N3O2. The van der Waals surface area contributed by atoms with E-state index in [1.165, 1.54) is 0 Å². The van der Waals surface area contributed by atoms with Gasteiger partial charge >= 0.3 is 0 Å². The van der Waals surface area contributed by atoms with Gasteiger partial charge in [0.05, 0.1) is 6.54 Å². The van der Waals surface area contributed by atoms with Crippen molar-refractivity contribution in [3.8, 4) is 11.8 Å². The maximum atomic E-state index is 13.1. The van der Waals surface area contributed by atoms with Gasteiger partial charge in [0.15, 0.2) is 0 Å². The summed E-state index contributed by atoms with van der Waals surface area (Å²) in [6.45, 7) is 12.9. The summed E-state index contributed by atoms with van der Waals surface area (Å²) in [6, 6.07) is 7.95. The van der Waals surface area contributed by atoms with Gasteiger partial charge in [-0.25, -0.2) is 0 Å². The average molecular weight is 424 g/mol. The third kappa shape index (κ3) is 9.23. The van der Waals surface area contributed by atoms with Gasteiger partial charge in [-0.3, -0.25) is 9.59 Å². The van der Waals surface area contributed by atoms with Crippen LogP contribution in [0.3, 0.4) is 0 Å². The molecule has 0 atom stereocenters. The normalized spacial score (nSPS) is 14.8. The molecule has 0 unspecified atom stereocenters. The molecule has 5 nitrogen and oxygen atoms in total. The van der Waals surface area contributed by atoms with Gasteiger partial charge in [0.25, 0.3) is 0 Å². The molecule has 0 aromatic heterocycles. The molecule has 0 fully saturated rings. The SMILES string of the molecule is C=CC.CNCC/C1=C(\C)C#Cc2ccccc2CN1C(=O)CCNC(=O)CC(C)C. The van der Waals surface area contributed by atoms with Gasteiger partial charge in [-0.1, -0.05) is 50.0 Å². The zero-order valence-corrected chi connectivity index (χ0v) is 19.7. The highest BCUT2D eigenvalue weighted by atomic mass is 16.2. The van der Waals surface area contributed by atoms with Crippen LogP contribution in [0.4, 0.5) is 0 Å². The Morgan fingerprint density at radius 2 is 1.90 bits per heavy atom. The Hall–Kier alpha value is -2.84. The predicted octanol–water partition coefficient (Wildman–Crippen LogP) is 4.01. The molecule has 2 amide bonds. The van der Waals surface area contributed by atoms with E-state index >= 15 is 0 Å². The first-order valence-corrected chi connectivity index (χ1v) is 10.9. The van der Waals surface area contributed by atoms with Gasteiger partial charge in [-0.15, -0.1) is 6.58 Å². The third-order valence-electron chi connectivity index (χ3n) is 4.66. The summed E-state index contributed by atoms with van der Waals surface area (Å²) in [5, 5.41) is 6.01. The number of amides is 2. The highest BCUT2D eigenvalue weighted by Gasteiger charge is 2.22. The molecule has 0 bridgehead atoms. The standard InChI is InChI=1S/C23H31N3O2.C3H6/c1-17(2)15-22(27)25-14-12-23(28)26-16-20-8-6-5-7-19(20)10-9-18(3)21(26)11-13-24-4;1-3-2/h5-8,17,24H,11-16H2,1-4H3,(H,25,27);3H,1H2,2H3/b21-18-;. The summed E-state index contributed by atoms with van der Waals surface area (Å²) < 4.78 is 0. The monoisotopic (exact) mass is 423 g/mol. The van der Waals surface area contributed by atoms with E-state index in [1.54, 1.807) is 6.08 Å². The Morgan fingerprint density at radius 1 is 1.23 bits per heavy atom. The third-order valence-corrected chi connectivity index (χ3v) is 4.66. The smallest absolute Gasteiger partial charge is 0.228 e. The molecule has 2 rings (SSSR count). The second-order valence-corrected chi connectivity index (χ2v) is 7.92. The number of carbonyl (C=O) groups is 2. The lowest BCUT2D eigenvalue weighted by Gasteiger charge is -2.28. The van der Waals surface area contributed by atoms with Crippen LogP contribution in [0.2, 0.25) is 0 Å². The number of hydrogen-bond donors (Lipinski definition) is 2. The van der Waals surface area contributed by atoms with Crippen LogP contribution in [0.5, 0.6) is 0 Å². The minimum atomic E-state index is -0.00573. The number of fused-ring (bicyclic) bond motifs is 1. The molecule has 0 saturated heterocycles. The van der Waals surface area contributed by atoms with Crippen LogP contribution >= 0.6 is 0 Å². The molecule has 2 N–H and O–H groups in total. The second-order valence-electron chi connectivity index (χ2n) is 7.92. The van der Waals surface area contributed by atoms with Gasteiger partial charge in [0.1, 0.15) is 0 Å². The van der Waals surface area contributed by atoms with E-state index in [1.807, 2.05) is 63.9 Å². The number of benzene rings is 1. The number of rotatable bonds is 8. The first kappa shape index (κ1) is 26.2. The van der Waals surface area contributed by atoms with Crippen LogP contribution in [0.15, 0.2) is 48.2 Å². The van der Waals surface area contributed by atoms with E-state index in [2.05, 4.69) is 29.1 Å². The molecule has 0 aliphatic carbocycles. The number of carbonyl (C=O) groups excluding carboxylic acids is 2. The first-order valence-electron chi connectivity index (χ1n) is 10.9. The molecule has 0 radical (unpaired) electrons. The van der Waals surface area contributed by atoms with Crippen molar-refractivity contribution in [1.29, 1.82) is 0 Å². The fraction of sp³-hybridized carbons (Fsp3) is 0.462. The van der Waals surface area contributed by atoms with Gasteiger partial charge < -0.3 is 15.5 Å².